The summed E-state index contributed by atoms with van der Waals surface area (Å²) >= 11 is 8.13. The number of thiophene rings is 1. The molecule has 2 unspecified atom stereocenters. The Bertz CT molecular complexity index is 714. The van der Waals surface area contributed by atoms with E-state index < -0.39 is 0 Å². The zero-order valence-corrected chi connectivity index (χ0v) is 16.3. The van der Waals surface area contributed by atoms with Crippen LogP contribution in [0, 0.1) is 24.2 Å². The fourth-order valence-corrected chi connectivity index (χ4v) is 7.26. The van der Waals surface area contributed by atoms with E-state index in [2.05, 4.69) is 5.32 Å². The molecule has 0 aliphatic heterocycles. The fourth-order valence-electron chi connectivity index (χ4n) is 5.60. The number of ether oxygens (including phenoxy) is 1. The van der Waals surface area contributed by atoms with Crippen molar-refractivity contribution in [1.82, 2.24) is 0 Å². The van der Waals surface area contributed by atoms with Crippen molar-refractivity contribution in [1.29, 1.82) is 0 Å². The van der Waals surface area contributed by atoms with Gasteiger partial charge in [-0.05, 0) is 75.8 Å². The molecule has 25 heavy (non-hydrogen) atoms. The summed E-state index contributed by atoms with van der Waals surface area (Å²) in [4.78, 5) is 25.5. The van der Waals surface area contributed by atoms with Gasteiger partial charge in [-0.15, -0.1) is 22.9 Å². The zero-order valence-electron chi connectivity index (χ0n) is 14.7. The van der Waals surface area contributed by atoms with E-state index in [0.29, 0.717) is 23.3 Å². The van der Waals surface area contributed by atoms with Gasteiger partial charge in [-0.3, -0.25) is 4.79 Å². The van der Waals surface area contributed by atoms with Gasteiger partial charge in [0.2, 0.25) is 5.91 Å². The van der Waals surface area contributed by atoms with Crippen molar-refractivity contribution < 1.29 is 14.3 Å². The van der Waals surface area contributed by atoms with Crippen LogP contribution in [-0.4, -0.2) is 23.4 Å². The zero-order chi connectivity index (χ0) is 17.8. The van der Waals surface area contributed by atoms with Crippen LogP contribution in [0.5, 0.6) is 0 Å². The highest BCUT2D eigenvalue weighted by atomic mass is 35.5. The largest absolute Gasteiger partial charge is 0.462 e. The van der Waals surface area contributed by atoms with Crippen LogP contribution >= 0.6 is 22.9 Å². The average molecular weight is 382 g/mol. The maximum atomic E-state index is 13.1. The predicted molar refractivity (Wildman–Crippen MR) is 99.3 cm³/mol. The monoisotopic (exact) mass is 381 g/mol. The number of hydrogen-bond acceptors (Lipinski definition) is 4. The summed E-state index contributed by atoms with van der Waals surface area (Å²) in [6, 6.07) is 1.87. The van der Waals surface area contributed by atoms with Gasteiger partial charge in [0.25, 0.3) is 0 Å². The lowest BCUT2D eigenvalue weighted by atomic mass is 9.49. The number of anilines is 1. The van der Waals surface area contributed by atoms with E-state index in [0.717, 1.165) is 42.7 Å². The van der Waals surface area contributed by atoms with Crippen LogP contribution in [0.25, 0.3) is 0 Å². The van der Waals surface area contributed by atoms with Crippen molar-refractivity contribution in [2.45, 2.75) is 57.2 Å². The smallest absolute Gasteiger partial charge is 0.348 e. The molecule has 4 aliphatic rings. The highest BCUT2D eigenvalue weighted by molar-refractivity contribution is 7.18. The van der Waals surface area contributed by atoms with Gasteiger partial charge in [-0.25, -0.2) is 4.79 Å². The SMILES string of the molecule is CCOC(=O)c1sc(NC(=O)C23C[C@@H]4C[C@@H](CC(Cl)(C4)C2)C3)cc1C. The van der Waals surface area contributed by atoms with E-state index in [1.807, 2.05) is 13.0 Å². The maximum absolute atomic E-state index is 13.1. The lowest BCUT2D eigenvalue weighted by molar-refractivity contribution is -0.138. The van der Waals surface area contributed by atoms with Crippen molar-refractivity contribution >= 4 is 39.8 Å². The Morgan fingerprint density at radius 1 is 1.32 bits per heavy atom. The first-order valence-electron chi connectivity index (χ1n) is 9.10. The minimum atomic E-state index is -0.326. The number of esters is 1. The number of rotatable bonds is 4. The number of carbonyl (C=O) groups excluding carboxylic acids is 2. The second kappa shape index (κ2) is 5.98. The molecule has 1 aromatic rings. The van der Waals surface area contributed by atoms with Gasteiger partial charge in [0, 0.05) is 4.87 Å². The third-order valence-corrected chi connectivity index (χ3v) is 7.66. The standard InChI is InChI=1S/C19H24ClNO3S/c1-3-24-16(22)15-11(2)4-14(25-15)21-17(23)18-6-12-5-13(7-18)9-19(20,8-12)10-18/h4,12-13H,3,5-10H2,1-2H3,(H,21,23)/t12-,13+,18?,19?. The second-order valence-electron chi connectivity index (χ2n) is 8.19. The molecule has 5 rings (SSSR count). The number of hydrogen-bond donors (Lipinski definition) is 1. The molecule has 4 bridgehead atoms. The molecular weight excluding hydrogens is 358 g/mol. The van der Waals surface area contributed by atoms with Gasteiger partial charge in [0.15, 0.2) is 0 Å². The average Bonchev–Trinajstić information content (AvgIpc) is 2.85. The van der Waals surface area contributed by atoms with E-state index in [1.165, 1.54) is 17.8 Å². The number of nitrogens with one attached hydrogen (secondary N) is 1. The van der Waals surface area contributed by atoms with Gasteiger partial charge in [-0.2, -0.15) is 0 Å². The van der Waals surface area contributed by atoms with Gasteiger partial charge in [0.1, 0.15) is 4.88 Å². The van der Waals surface area contributed by atoms with Crippen LogP contribution in [0.3, 0.4) is 0 Å². The molecule has 4 fully saturated rings. The first-order chi connectivity index (χ1) is 11.8. The molecular formula is C19H24ClNO3S. The van der Waals surface area contributed by atoms with E-state index in [9.17, 15) is 9.59 Å². The number of carbonyl (C=O) groups is 2. The predicted octanol–water partition coefficient (Wildman–Crippen LogP) is 4.75. The van der Waals surface area contributed by atoms with Crippen LogP contribution in [0.2, 0.25) is 0 Å². The molecule has 0 spiro atoms. The minimum absolute atomic E-state index is 0.0864. The Morgan fingerprint density at radius 2 is 2.00 bits per heavy atom. The van der Waals surface area contributed by atoms with Crippen LogP contribution < -0.4 is 5.32 Å². The molecule has 4 nitrogen and oxygen atoms in total. The van der Waals surface area contributed by atoms with E-state index in [-0.39, 0.29) is 22.2 Å². The van der Waals surface area contributed by atoms with Crippen molar-refractivity contribution in [3.05, 3.63) is 16.5 Å². The highest BCUT2D eigenvalue weighted by Gasteiger charge is 2.60. The Labute approximate surface area is 157 Å². The minimum Gasteiger partial charge on any atom is -0.462 e. The second-order valence-corrected chi connectivity index (χ2v) is 10.0. The first-order valence-corrected chi connectivity index (χ1v) is 10.3. The van der Waals surface area contributed by atoms with Gasteiger partial charge < -0.3 is 10.1 Å². The third kappa shape index (κ3) is 2.99. The highest BCUT2D eigenvalue weighted by Crippen LogP contribution is 2.64. The van der Waals surface area contributed by atoms with Gasteiger partial charge in [-0.1, -0.05) is 0 Å². The summed E-state index contributed by atoms with van der Waals surface area (Å²) in [6.45, 7) is 4.01. The van der Waals surface area contributed by atoms with Crippen molar-refractivity contribution in [3.8, 4) is 0 Å². The fraction of sp³-hybridized carbons (Fsp3) is 0.684. The summed E-state index contributed by atoms with van der Waals surface area (Å²) < 4.78 is 5.08. The van der Waals surface area contributed by atoms with Crippen LogP contribution in [0.15, 0.2) is 6.07 Å². The number of halogens is 1. The summed E-state index contributed by atoms with van der Waals surface area (Å²) in [7, 11) is 0. The quantitative estimate of drug-likeness (QED) is 0.604. The molecule has 136 valence electrons. The molecule has 1 N–H and O–H groups in total. The molecule has 0 radical (unpaired) electrons. The molecule has 4 saturated carbocycles. The maximum Gasteiger partial charge on any atom is 0.348 e. The molecule has 4 atom stereocenters. The van der Waals surface area contributed by atoms with E-state index in [1.54, 1.807) is 6.92 Å². The molecule has 6 heteroatoms. The normalized spacial score (nSPS) is 35.6. The van der Waals surface area contributed by atoms with E-state index >= 15 is 0 Å². The molecule has 4 aliphatic carbocycles. The van der Waals surface area contributed by atoms with Crippen molar-refractivity contribution in [2.24, 2.45) is 17.3 Å². The third-order valence-electron chi connectivity index (χ3n) is 6.09. The van der Waals surface area contributed by atoms with Crippen LogP contribution in [0.4, 0.5) is 5.00 Å². The lowest BCUT2D eigenvalue weighted by Crippen LogP contribution is -2.57. The number of alkyl halides is 1. The Balaban J connectivity index is 1.53. The van der Waals surface area contributed by atoms with Gasteiger partial charge in [0.05, 0.1) is 17.0 Å². The summed E-state index contributed by atoms with van der Waals surface area (Å²) in [5.41, 5.74) is 0.520. The molecule has 1 heterocycles. The first kappa shape index (κ1) is 17.3. The van der Waals surface area contributed by atoms with Crippen molar-refractivity contribution in [2.75, 3.05) is 11.9 Å². The van der Waals surface area contributed by atoms with Crippen molar-refractivity contribution in [3.63, 3.8) is 0 Å². The topological polar surface area (TPSA) is 55.4 Å². The summed E-state index contributed by atoms with van der Waals surface area (Å²) in [6.07, 6.45) is 6.05. The van der Waals surface area contributed by atoms with Crippen LogP contribution in [-0.2, 0) is 9.53 Å². The molecule has 0 aromatic carbocycles. The van der Waals surface area contributed by atoms with E-state index in [4.69, 9.17) is 16.3 Å². The van der Waals surface area contributed by atoms with Gasteiger partial charge >= 0.3 is 5.97 Å². The molecule has 1 amide bonds. The molecule has 0 saturated heterocycles. The Morgan fingerprint density at radius 3 is 2.60 bits per heavy atom. The number of amides is 1. The molecule has 1 aromatic heterocycles. The number of aryl methyl sites for hydroxylation is 1. The Kier molecular flexibility index (Phi) is 4.15. The summed E-state index contributed by atoms with van der Waals surface area (Å²) in [5.74, 6) is 0.942. The summed E-state index contributed by atoms with van der Waals surface area (Å²) in [5, 5.41) is 3.81. The van der Waals surface area contributed by atoms with Crippen LogP contribution in [0.1, 0.15) is 60.7 Å². The lowest BCUT2D eigenvalue weighted by Gasteiger charge is -2.59. The Hall–Kier alpha value is -1.07.